The lowest BCUT2D eigenvalue weighted by molar-refractivity contribution is 0.153. The zero-order valence-corrected chi connectivity index (χ0v) is 12.8. The third kappa shape index (κ3) is 4.00. The van der Waals surface area contributed by atoms with E-state index in [4.69, 9.17) is 0 Å². The van der Waals surface area contributed by atoms with Crippen molar-refractivity contribution in [3.05, 3.63) is 65.5 Å². The van der Waals surface area contributed by atoms with Crippen LogP contribution in [-0.4, -0.2) is 29.5 Å². The van der Waals surface area contributed by atoms with Crippen LogP contribution < -0.4 is 5.32 Å². The molecule has 0 saturated carbocycles. The molecule has 2 heterocycles. The average Bonchev–Trinajstić information content (AvgIpc) is 2.48. The normalized spacial score (nSPS) is 18.7. The Kier molecular flexibility index (Phi) is 5.83. The number of aromatic nitrogens is 1. The molecule has 22 heavy (non-hydrogen) atoms. The van der Waals surface area contributed by atoms with E-state index in [1.54, 1.807) is 6.20 Å². The van der Waals surface area contributed by atoms with Crippen LogP contribution in [0, 0.1) is 11.6 Å². The van der Waals surface area contributed by atoms with Gasteiger partial charge in [-0.05, 0) is 29.3 Å². The van der Waals surface area contributed by atoms with E-state index in [0.717, 1.165) is 31.3 Å². The molecule has 0 bridgehead atoms. The molecule has 1 unspecified atom stereocenters. The highest BCUT2D eigenvalue weighted by Gasteiger charge is 2.24. The molecule has 1 saturated heterocycles. The molecule has 1 aliphatic heterocycles. The summed E-state index contributed by atoms with van der Waals surface area (Å²) in [5.74, 6) is -1.06. The smallest absolute Gasteiger partial charge is 0.126 e. The predicted octanol–water partition coefficient (Wildman–Crippen LogP) is 2.93. The number of nitrogens with one attached hydrogen (secondary N) is 1. The third-order valence-electron chi connectivity index (χ3n) is 3.73. The molecule has 0 spiro atoms. The second-order valence-electron chi connectivity index (χ2n) is 5.25. The number of rotatable bonds is 3. The Morgan fingerprint density at radius 3 is 2.68 bits per heavy atom. The summed E-state index contributed by atoms with van der Waals surface area (Å²) in [6.07, 6.45) is 3.59. The Hall–Kier alpha value is -1.56. The van der Waals surface area contributed by atoms with Crippen molar-refractivity contribution in [2.75, 3.05) is 19.6 Å². The second kappa shape index (κ2) is 7.63. The Labute approximate surface area is 134 Å². The molecular formula is C16H18ClF2N3. The van der Waals surface area contributed by atoms with Crippen LogP contribution in [0.1, 0.15) is 17.2 Å². The fourth-order valence-electron chi connectivity index (χ4n) is 2.77. The maximum atomic E-state index is 13.3. The molecule has 0 aliphatic carbocycles. The van der Waals surface area contributed by atoms with Crippen molar-refractivity contribution in [3.8, 4) is 0 Å². The third-order valence-corrected chi connectivity index (χ3v) is 3.73. The number of halogens is 3. The Morgan fingerprint density at radius 1 is 1.23 bits per heavy atom. The van der Waals surface area contributed by atoms with E-state index in [-0.39, 0.29) is 18.4 Å². The van der Waals surface area contributed by atoms with E-state index in [1.807, 2.05) is 18.3 Å². The van der Waals surface area contributed by atoms with Crippen LogP contribution in [0.3, 0.4) is 0 Å². The molecule has 1 aromatic carbocycles. The molecule has 3 nitrogen and oxygen atoms in total. The van der Waals surface area contributed by atoms with Crippen LogP contribution in [0.2, 0.25) is 0 Å². The molecule has 1 aromatic heterocycles. The Balaban J connectivity index is 0.00000176. The summed E-state index contributed by atoms with van der Waals surface area (Å²) in [4.78, 5) is 6.38. The van der Waals surface area contributed by atoms with Crippen LogP contribution >= 0.6 is 12.4 Å². The summed E-state index contributed by atoms with van der Waals surface area (Å²) in [6.45, 7) is 3.03. The van der Waals surface area contributed by atoms with Gasteiger partial charge in [-0.3, -0.25) is 9.88 Å². The molecule has 118 valence electrons. The number of piperazine rings is 1. The van der Waals surface area contributed by atoms with Crippen molar-refractivity contribution >= 4 is 12.4 Å². The van der Waals surface area contributed by atoms with Crippen molar-refractivity contribution in [2.45, 2.75) is 12.6 Å². The summed E-state index contributed by atoms with van der Waals surface area (Å²) in [5.41, 5.74) is 1.77. The lowest BCUT2D eigenvalue weighted by Crippen LogP contribution is -2.45. The zero-order chi connectivity index (χ0) is 14.7. The number of pyridine rings is 1. The number of benzene rings is 1. The van der Waals surface area contributed by atoms with Crippen molar-refractivity contribution in [1.82, 2.24) is 15.2 Å². The summed E-state index contributed by atoms with van der Waals surface area (Å²) >= 11 is 0. The minimum atomic E-state index is -0.530. The van der Waals surface area contributed by atoms with E-state index in [1.165, 1.54) is 12.1 Å². The van der Waals surface area contributed by atoms with Gasteiger partial charge in [0.2, 0.25) is 0 Å². The maximum absolute atomic E-state index is 13.3. The van der Waals surface area contributed by atoms with Gasteiger partial charge in [0.1, 0.15) is 11.6 Å². The first-order valence-electron chi connectivity index (χ1n) is 7.02. The molecule has 2 aromatic rings. The molecule has 1 fully saturated rings. The van der Waals surface area contributed by atoms with Crippen LogP contribution in [0.15, 0.2) is 42.7 Å². The second-order valence-corrected chi connectivity index (χ2v) is 5.25. The van der Waals surface area contributed by atoms with Gasteiger partial charge in [0.15, 0.2) is 0 Å². The summed E-state index contributed by atoms with van der Waals surface area (Å²) in [6, 6.07) is 7.79. The van der Waals surface area contributed by atoms with Gasteiger partial charge in [-0.15, -0.1) is 12.4 Å². The van der Waals surface area contributed by atoms with E-state index < -0.39 is 11.6 Å². The lowest BCUT2D eigenvalue weighted by atomic mass is 10.0. The summed E-state index contributed by atoms with van der Waals surface area (Å²) in [7, 11) is 0. The molecular weight excluding hydrogens is 308 g/mol. The van der Waals surface area contributed by atoms with Crippen molar-refractivity contribution in [1.29, 1.82) is 0 Å². The Bertz CT molecular complexity index is 589. The van der Waals surface area contributed by atoms with E-state index in [2.05, 4.69) is 15.2 Å². The number of nitrogens with zero attached hydrogens (tertiary/aromatic N) is 2. The number of hydrogen-bond acceptors (Lipinski definition) is 3. The van der Waals surface area contributed by atoms with Gasteiger partial charge in [-0.2, -0.15) is 0 Å². The van der Waals surface area contributed by atoms with Gasteiger partial charge in [0.05, 0.1) is 0 Å². The van der Waals surface area contributed by atoms with E-state index in [0.29, 0.717) is 12.1 Å². The van der Waals surface area contributed by atoms with Crippen LogP contribution in [0.25, 0.3) is 0 Å². The van der Waals surface area contributed by atoms with Crippen molar-refractivity contribution in [3.63, 3.8) is 0 Å². The minimum absolute atomic E-state index is 0. The largest absolute Gasteiger partial charge is 0.314 e. The van der Waals surface area contributed by atoms with Gasteiger partial charge in [0, 0.05) is 50.7 Å². The minimum Gasteiger partial charge on any atom is -0.314 e. The topological polar surface area (TPSA) is 28.2 Å². The first kappa shape index (κ1) is 16.8. The van der Waals surface area contributed by atoms with Gasteiger partial charge < -0.3 is 5.32 Å². The van der Waals surface area contributed by atoms with E-state index in [9.17, 15) is 8.78 Å². The standard InChI is InChI=1S/C16H17F2N3.ClH/c17-14-6-12(7-15(18)8-14)11-21-5-4-20-10-16(21)13-2-1-3-19-9-13;/h1-3,6-9,16,20H,4-5,10-11H2;1H. The van der Waals surface area contributed by atoms with Gasteiger partial charge in [-0.1, -0.05) is 6.07 Å². The van der Waals surface area contributed by atoms with Gasteiger partial charge >= 0.3 is 0 Å². The predicted molar refractivity (Wildman–Crippen MR) is 83.9 cm³/mol. The fraction of sp³-hybridized carbons (Fsp3) is 0.312. The molecule has 6 heteroatoms. The van der Waals surface area contributed by atoms with Crippen molar-refractivity contribution in [2.24, 2.45) is 0 Å². The highest BCUT2D eigenvalue weighted by atomic mass is 35.5. The SMILES string of the molecule is Cl.Fc1cc(F)cc(CN2CCNCC2c2cccnc2)c1. The Morgan fingerprint density at radius 2 is 2.00 bits per heavy atom. The first-order valence-corrected chi connectivity index (χ1v) is 7.02. The summed E-state index contributed by atoms with van der Waals surface area (Å²) in [5, 5.41) is 3.35. The monoisotopic (exact) mass is 325 g/mol. The van der Waals surface area contributed by atoms with Crippen LogP contribution in [-0.2, 0) is 6.54 Å². The maximum Gasteiger partial charge on any atom is 0.126 e. The van der Waals surface area contributed by atoms with Crippen LogP contribution in [0.4, 0.5) is 8.78 Å². The fourth-order valence-corrected chi connectivity index (χ4v) is 2.77. The van der Waals surface area contributed by atoms with Gasteiger partial charge in [-0.25, -0.2) is 8.78 Å². The van der Waals surface area contributed by atoms with Crippen molar-refractivity contribution < 1.29 is 8.78 Å². The zero-order valence-electron chi connectivity index (χ0n) is 12.0. The summed E-state index contributed by atoms with van der Waals surface area (Å²) < 4.78 is 26.6. The molecule has 1 atom stereocenters. The lowest BCUT2D eigenvalue weighted by Gasteiger charge is -2.36. The van der Waals surface area contributed by atoms with E-state index >= 15 is 0 Å². The number of hydrogen-bond donors (Lipinski definition) is 1. The van der Waals surface area contributed by atoms with Gasteiger partial charge in [0.25, 0.3) is 0 Å². The quantitative estimate of drug-likeness (QED) is 0.940. The molecule has 3 rings (SSSR count). The highest BCUT2D eigenvalue weighted by Crippen LogP contribution is 2.24. The highest BCUT2D eigenvalue weighted by molar-refractivity contribution is 5.85. The molecule has 0 amide bonds. The molecule has 1 aliphatic rings. The molecule has 1 N–H and O–H groups in total. The average molecular weight is 326 g/mol. The molecule has 0 radical (unpaired) electrons. The van der Waals surface area contributed by atoms with Crippen LogP contribution in [0.5, 0.6) is 0 Å². The first-order chi connectivity index (χ1) is 10.2.